The molecule has 0 radical (unpaired) electrons. The lowest BCUT2D eigenvalue weighted by molar-refractivity contribution is 0.556. The summed E-state index contributed by atoms with van der Waals surface area (Å²) in [7, 11) is 1.92. The molecule has 0 saturated heterocycles. The van der Waals surface area contributed by atoms with E-state index in [2.05, 4.69) is 5.32 Å². The smallest absolute Gasteiger partial charge is 0.0624 e. The first kappa shape index (κ1) is 16.9. The van der Waals surface area contributed by atoms with E-state index in [0.29, 0.717) is 20.1 Å². The van der Waals surface area contributed by atoms with Crippen LogP contribution < -0.4 is 5.32 Å². The minimum absolute atomic E-state index is 0.208. The summed E-state index contributed by atoms with van der Waals surface area (Å²) in [5.74, 6) is 0. The van der Waals surface area contributed by atoms with Crippen LogP contribution in [0.3, 0.4) is 0 Å². The second-order valence-corrected chi connectivity index (χ2v) is 6.47. The predicted molar refractivity (Wildman–Crippen MR) is 93.2 cm³/mol. The molecule has 0 spiro atoms. The van der Waals surface area contributed by atoms with Crippen molar-refractivity contribution in [1.82, 2.24) is 5.32 Å². The number of hydrogen-bond acceptors (Lipinski definition) is 1. The van der Waals surface area contributed by atoms with E-state index in [4.69, 9.17) is 46.4 Å². The molecule has 21 heavy (non-hydrogen) atoms. The van der Waals surface area contributed by atoms with Gasteiger partial charge in [-0.25, -0.2) is 0 Å². The van der Waals surface area contributed by atoms with Gasteiger partial charge >= 0.3 is 0 Å². The van der Waals surface area contributed by atoms with Crippen LogP contribution in [0.2, 0.25) is 20.1 Å². The van der Waals surface area contributed by atoms with Crippen molar-refractivity contribution in [1.29, 1.82) is 0 Å². The first-order valence-electron chi connectivity index (χ1n) is 6.55. The Bertz CT molecular complexity index is 628. The first-order valence-corrected chi connectivity index (χ1v) is 8.06. The van der Waals surface area contributed by atoms with Crippen molar-refractivity contribution in [2.45, 2.75) is 18.9 Å². The van der Waals surface area contributed by atoms with E-state index in [1.807, 2.05) is 31.3 Å². The number of halogens is 4. The number of rotatable bonds is 5. The van der Waals surface area contributed by atoms with Gasteiger partial charge in [0.25, 0.3) is 0 Å². The SMILES string of the molecule is CNC(Cc1ccc(Cl)cc1Cl)Cc1cccc(Cl)c1Cl. The lowest BCUT2D eigenvalue weighted by Crippen LogP contribution is -2.30. The van der Waals surface area contributed by atoms with Crippen molar-refractivity contribution in [3.8, 4) is 0 Å². The third-order valence-electron chi connectivity index (χ3n) is 3.39. The molecule has 112 valence electrons. The zero-order valence-corrected chi connectivity index (χ0v) is 14.5. The Balaban J connectivity index is 2.15. The van der Waals surface area contributed by atoms with Crippen LogP contribution in [-0.2, 0) is 12.8 Å². The first-order chi connectivity index (χ1) is 10.0. The number of benzene rings is 2. The van der Waals surface area contributed by atoms with Crippen LogP contribution in [0.25, 0.3) is 0 Å². The Hall–Kier alpha value is -0.440. The van der Waals surface area contributed by atoms with E-state index >= 15 is 0 Å². The summed E-state index contributed by atoms with van der Waals surface area (Å²) in [6.45, 7) is 0. The Morgan fingerprint density at radius 2 is 1.62 bits per heavy atom. The molecule has 2 rings (SSSR count). The van der Waals surface area contributed by atoms with Gasteiger partial charge in [0, 0.05) is 16.1 Å². The number of likely N-dealkylation sites (N-methyl/N-ethyl adjacent to an activating group) is 1. The highest BCUT2D eigenvalue weighted by molar-refractivity contribution is 6.42. The Kier molecular flexibility index (Phi) is 6.21. The zero-order valence-electron chi connectivity index (χ0n) is 11.5. The minimum Gasteiger partial charge on any atom is -0.316 e. The van der Waals surface area contributed by atoms with Gasteiger partial charge in [0.2, 0.25) is 0 Å². The van der Waals surface area contributed by atoms with Crippen LogP contribution in [0.1, 0.15) is 11.1 Å². The van der Waals surface area contributed by atoms with Crippen molar-refractivity contribution in [3.63, 3.8) is 0 Å². The standard InChI is InChI=1S/C16H15Cl4N/c1-21-13(7-10-5-6-12(17)9-15(10)19)8-11-3-2-4-14(18)16(11)20/h2-6,9,13,21H,7-8H2,1H3. The van der Waals surface area contributed by atoms with Gasteiger partial charge in [-0.15, -0.1) is 0 Å². The maximum absolute atomic E-state index is 6.25. The van der Waals surface area contributed by atoms with Gasteiger partial charge in [-0.3, -0.25) is 0 Å². The maximum atomic E-state index is 6.25. The van der Waals surface area contributed by atoms with Crippen LogP contribution in [0.15, 0.2) is 36.4 Å². The summed E-state index contributed by atoms with van der Waals surface area (Å²) >= 11 is 24.5. The molecule has 5 heteroatoms. The summed E-state index contributed by atoms with van der Waals surface area (Å²) < 4.78 is 0. The molecule has 0 bridgehead atoms. The van der Waals surface area contributed by atoms with E-state index in [1.54, 1.807) is 12.1 Å². The molecule has 0 amide bonds. The fraction of sp³-hybridized carbons (Fsp3) is 0.250. The summed E-state index contributed by atoms with van der Waals surface area (Å²) in [5, 5.41) is 5.81. The van der Waals surface area contributed by atoms with Gasteiger partial charge in [0.05, 0.1) is 10.0 Å². The van der Waals surface area contributed by atoms with E-state index in [1.165, 1.54) is 0 Å². The molecule has 1 nitrogen and oxygen atoms in total. The van der Waals surface area contributed by atoms with Gasteiger partial charge in [-0.1, -0.05) is 64.6 Å². The molecule has 0 fully saturated rings. The largest absolute Gasteiger partial charge is 0.316 e. The molecule has 0 aromatic heterocycles. The Labute approximate surface area is 145 Å². The molecule has 2 aromatic carbocycles. The molecule has 1 N–H and O–H groups in total. The summed E-state index contributed by atoms with van der Waals surface area (Å²) in [6, 6.07) is 11.5. The van der Waals surface area contributed by atoms with Crippen molar-refractivity contribution in [3.05, 3.63) is 67.6 Å². The highest BCUT2D eigenvalue weighted by Crippen LogP contribution is 2.28. The van der Waals surface area contributed by atoms with Gasteiger partial charge in [-0.05, 0) is 49.2 Å². The van der Waals surface area contributed by atoms with Gasteiger partial charge in [-0.2, -0.15) is 0 Å². The average molecular weight is 363 g/mol. The zero-order chi connectivity index (χ0) is 15.4. The molecular weight excluding hydrogens is 348 g/mol. The molecule has 0 aliphatic carbocycles. The molecule has 0 aliphatic heterocycles. The third kappa shape index (κ3) is 4.51. The molecule has 0 heterocycles. The fourth-order valence-corrected chi connectivity index (χ4v) is 3.08. The average Bonchev–Trinajstić information content (AvgIpc) is 2.45. The predicted octanol–water partition coefficient (Wildman–Crippen LogP) is 5.67. The molecule has 0 saturated carbocycles. The highest BCUT2D eigenvalue weighted by Gasteiger charge is 2.14. The van der Waals surface area contributed by atoms with Crippen LogP contribution in [-0.4, -0.2) is 13.1 Å². The lowest BCUT2D eigenvalue weighted by Gasteiger charge is -2.18. The van der Waals surface area contributed by atoms with E-state index in [-0.39, 0.29) is 6.04 Å². The number of hydrogen-bond donors (Lipinski definition) is 1. The van der Waals surface area contributed by atoms with Crippen molar-refractivity contribution in [2.75, 3.05) is 7.05 Å². The second-order valence-electron chi connectivity index (χ2n) is 4.84. The molecule has 2 aromatic rings. The van der Waals surface area contributed by atoms with Gasteiger partial charge in [0.1, 0.15) is 0 Å². The van der Waals surface area contributed by atoms with E-state index in [9.17, 15) is 0 Å². The van der Waals surface area contributed by atoms with Gasteiger partial charge in [0.15, 0.2) is 0 Å². The normalized spacial score (nSPS) is 12.4. The fourth-order valence-electron chi connectivity index (χ4n) is 2.20. The number of nitrogens with one attached hydrogen (secondary N) is 1. The topological polar surface area (TPSA) is 12.0 Å². The monoisotopic (exact) mass is 361 g/mol. The Morgan fingerprint density at radius 3 is 2.29 bits per heavy atom. The maximum Gasteiger partial charge on any atom is 0.0624 e. The van der Waals surface area contributed by atoms with Crippen LogP contribution in [0.5, 0.6) is 0 Å². The summed E-state index contributed by atoms with van der Waals surface area (Å²) in [6.07, 6.45) is 1.56. The minimum atomic E-state index is 0.208. The third-order valence-corrected chi connectivity index (χ3v) is 4.83. The van der Waals surface area contributed by atoms with Crippen molar-refractivity contribution >= 4 is 46.4 Å². The van der Waals surface area contributed by atoms with Crippen LogP contribution >= 0.6 is 46.4 Å². The lowest BCUT2D eigenvalue weighted by atomic mass is 9.99. The van der Waals surface area contributed by atoms with Gasteiger partial charge < -0.3 is 5.32 Å². The molecular formula is C16H15Cl4N. The molecule has 1 unspecified atom stereocenters. The Morgan fingerprint density at radius 1 is 0.905 bits per heavy atom. The van der Waals surface area contributed by atoms with E-state index < -0.39 is 0 Å². The van der Waals surface area contributed by atoms with Crippen molar-refractivity contribution in [2.24, 2.45) is 0 Å². The molecule has 1 atom stereocenters. The highest BCUT2D eigenvalue weighted by atomic mass is 35.5. The molecule has 0 aliphatic rings. The summed E-state index contributed by atoms with van der Waals surface area (Å²) in [4.78, 5) is 0. The van der Waals surface area contributed by atoms with Crippen molar-refractivity contribution < 1.29 is 0 Å². The quantitative estimate of drug-likeness (QED) is 0.722. The van der Waals surface area contributed by atoms with Crippen LogP contribution in [0, 0.1) is 0 Å². The second kappa shape index (κ2) is 7.71. The van der Waals surface area contributed by atoms with Crippen LogP contribution in [0.4, 0.5) is 0 Å². The summed E-state index contributed by atoms with van der Waals surface area (Å²) in [5.41, 5.74) is 2.08. The van der Waals surface area contributed by atoms with E-state index in [0.717, 1.165) is 24.0 Å².